The Bertz CT molecular complexity index is 2010. The summed E-state index contributed by atoms with van der Waals surface area (Å²) < 4.78 is 1.62. The zero-order valence-corrected chi connectivity index (χ0v) is 51.0. The van der Waals surface area contributed by atoms with Gasteiger partial charge in [0.1, 0.15) is 0 Å². The van der Waals surface area contributed by atoms with E-state index in [1.165, 1.54) is 256 Å². The first-order valence-corrected chi connectivity index (χ1v) is 31.9. The van der Waals surface area contributed by atoms with Crippen LogP contribution in [0.15, 0.2) is 108 Å². The van der Waals surface area contributed by atoms with Gasteiger partial charge in [-0.1, -0.05) is 265 Å². The van der Waals surface area contributed by atoms with Gasteiger partial charge < -0.3 is 5.53 Å². The number of unbranched alkanes of at least 4 members (excludes halogenated alkanes) is 31. The van der Waals surface area contributed by atoms with Crippen LogP contribution in [-0.2, 0) is 29.3 Å². The largest absolute Gasteiger partial charge is 2.00 e. The molecule has 0 amide bonds. The van der Waals surface area contributed by atoms with Crippen molar-refractivity contribution < 1.29 is 21.2 Å². The minimum Gasteiger partial charge on any atom is -0.493 e. The normalized spacial score (nSPS) is 12.1. The van der Waals surface area contributed by atoms with Crippen LogP contribution in [0.3, 0.4) is 0 Å². The summed E-state index contributed by atoms with van der Waals surface area (Å²) in [5.74, 6) is 0. The van der Waals surface area contributed by atoms with E-state index in [4.69, 9.17) is 0 Å². The van der Waals surface area contributed by atoms with E-state index in [0.29, 0.717) is 0 Å². The average molecular weight is 1080 g/mol. The van der Waals surface area contributed by atoms with Gasteiger partial charge >= 0.3 is 16.5 Å². The van der Waals surface area contributed by atoms with Crippen LogP contribution >= 0.6 is 0 Å². The van der Waals surface area contributed by atoms with Crippen molar-refractivity contribution in [2.24, 2.45) is 0 Å². The van der Waals surface area contributed by atoms with Crippen LogP contribution in [-0.4, -0.2) is 4.70 Å². The fourth-order valence-corrected chi connectivity index (χ4v) is 10.8. The summed E-state index contributed by atoms with van der Waals surface area (Å²) in [6.45, 7) is 13.3. The molecule has 0 aliphatic carbocycles. The maximum absolute atomic E-state index is 12.3. The second kappa shape index (κ2) is 47.5. The van der Waals surface area contributed by atoms with E-state index in [9.17, 15) is 5.53 Å². The summed E-state index contributed by atoms with van der Waals surface area (Å²) in [5.41, 5.74) is 25.0. The minimum atomic E-state index is 0. The number of nitrogens with zero attached hydrogens (tertiary/aromatic N) is 2. The van der Waals surface area contributed by atoms with Crippen molar-refractivity contribution in [3.8, 4) is 0 Å². The van der Waals surface area contributed by atoms with E-state index < -0.39 is 0 Å². The molecule has 5 rings (SSSR count). The van der Waals surface area contributed by atoms with Gasteiger partial charge in [0.05, 0.1) is 0 Å². The van der Waals surface area contributed by atoms with Crippen molar-refractivity contribution in [3.05, 3.63) is 159 Å². The van der Waals surface area contributed by atoms with Gasteiger partial charge in [-0.15, -0.1) is 0 Å². The first-order valence-electron chi connectivity index (χ1n) is 31.9. The zero-order valence-electron chi connectivity index (χ0n) is 50.0. The zero-order chi connectivity index (χ0) is 53.7. The second-order valence-corrected chi connectivity index (χ2v) is 22.5. The standard InChI is InChI=1S/C59H98N2.2C7H7.Ni/c1-5-9-13-16-19-20-21-22-23-24-25-26-27-28-29-30-31-32-33-35-38-43-53-44-40-46-54(50-53)58-56(48-12-8-4)57(49-39-36-18-15-11-7-3)59(61(58)60)55-47-41-45-52(51-55)42-37-34-17-14-10-6-2;2*1-7-5-3-2-4-6-7;/h40-41,44-47,50-51H,5-39,42-43,48-49H2,1-4H3;2*3-6H,1H3;/q;2*-1;+2. The van der Waals surface area contributed by atoms with Crippen LogP contribution in [0.5, 0.6) is 0 Å². The molecule has 76 heavy (non-hydrogen) atoms. The molecular weight excluding hydrogens is 964 g/mol. The molecule has 0 N–H and O–H groups in total. The third kappa shape index (κ3) is 31.8. The molecule has 1 heterocycles. The second-order valence-electron chi connectivity index (χ2n) is 22.5. The smallest absolute Gasteiger partial charge is 0.493 e. The third-order valence-electron chi connectivity index (χ3n) is 15.5. The molecule has 0 saturated heterocycles. The maximum Gasteiger partial charge on any atom is 2.00 e. The Kier molecular flexibility index (Phi) is 42.8. The van der Waals surface area contributed by atoms with Crippen molar-refractivity contribution in [3.63, 3.8) is 0 Å². The van der Waals surface area contributed by atoms with E-state index in [0.717, 1.165) is 49.9 Å². The summed E-state index contributed by atoms with van der Waals surface area (Å²) in [4.78, 5) is 0. The van der Waals surface area contributed by atoms with E-state index in [2.05, 4.69) is 102 Å². The van der Waals surface area contributed by atoms with Crippen LogP contribution in [0, 0.1) is 26.0 Å². The molecule has 0 unspecified atom stereocenters. The van der Waals surface area contributed by atoms with Crippen molar-refractivity contribution in [1.82, 2.24) is 0 Å². The number of aryl methyl sites for hydroxylation is 4. The molecular formula is C73H112N2Ni. The van der Waals surface area contributed by atoms with Crippen molar-refractivity contribution in [2.45, 2.75) is 292 Å². The molecule has 0 bridgehead atoms. The average Bonchev–Trinajstić information content (AvgIpc) is 3.75. The maximum atomic E-state index is 12.3. The summed E-state index contributed by atoms with van der Waals surface area (Å²) in [7, 11) is 0. The number of benzene rings is 4. The molecule has 0 atom stereocenters. The topological polar surface area (TPSA) is 25.3 Å². The summed E-state index contributed by atoms with van der Waals surface area (Å²) in [5, 5.41) is 0. The summed E-state index contributed by atoms with van der Waals surface area (Å²) >= 11 is 0. The Labute approximate surface area is 481 Å². The van der Waals surface area contributed by atoms with E-state index in [-0.39, 0.29) is 16.5 Å². The molecule has 1 aliphatic heterocycles. The molecule has 0 saturated carbocycles. The summed E-state index contributed by atoms with van der Waals surface area (Å²) in [6, 6.07) is 40.0. The third-order valence-corrected chi connectivity index (χ3v) is 15.5. The summed E-state index contributed by atoms with van der Waals surface area (Å²) in [6.07, 6.45) is 52.2. The first-order chi connectivity index (χ1) is 36.9. The first kappa shape index (κ1) is 68.6. The van der Waals surface area contributed by atoms with Crippen molar-refractivity contribution >= 4 is 11.4 Å². The molecule has 4 aromatic carbocycles. The molecule has 0 radical (unpaired) electrons. The molecule has 424 valence electrons. The number of allylic oxidation sites excluding steroid dienone is 2. The van der Waals surface area contributed by atoms with Crippen LogP contribution in [0.25, 0.3) is 16.9 Å². The predicted molar refractivity (Wildman–Crippen MR) is 331 cm³/mol. The van der Waals surface area contributed by atoms with Gasteiger partial charge in [-0.2, -0.15) is 71.8 Å². The van der Waals surface area contributed by atoms with Crippen LogP contribution in [0.2, 0.25) is 0 Å². The van der Waals surface area contributed by atoms with Gasteiger partial charge in [-0.3, -0.25) is 0 Å². The van der Waals surface area contributed by atoms with E-state index >= 15 is 0 Å². The van der Waals surface area contributed by atoms with Gasteiger partial charge in [0.25, 0.3) is 0 Å². The number of hydrogen-bond donors (Lipinski definition) is 0. The molecule has 2 nitrogen and oxygen atoms in total. The van der Waals surface area contributed by atoms with Gasteiger partial charge in [0, 0.05) is 22.3 Å². The van der Waals surface area contributed by atoms with Crippen LogP contribution in [0.4, 0.5) is 0 Å². The minimum absolute atomic E-state index is 0. The fourth-order valence-electron chi connectivity index (χ4n) is 10.8. The van der Waals surface area contributed by atoms with Gasteiger partial charge in [-0.05, 0) is 86.8 Å². The molecule has 0 aromatic heterocycles. The molecule has 4 aromatic rings. The quantitative estimate of drug-likeness (QED) is 0.0183. The fraction of sp³-hybridized carbons (Fsp3) is 0.616. The number of rotatable bonds is 41. The Morgan fingerprint density at radius 1 is 0.329 bits per heavy atom. The Hall–Kier alpha value is -3.55. The van der Waals surface area contributed by atoms with Crippen molar-refractivity contribution in [2.75, 3.05) is 0 Å². The molecule has 3 heteroatoms. The van der Waals surface area contributed by atoms with Crippen LogP contribution < -0.4 is 0 Å². The van der Waals surface area contributed by atoms with Crippen LogP contribution in [0.1, 0.15) is 299 Å². The SMILES string of the molecule is CCCCCCCCCCCCCCCCCCCCCCCc1cccc(C2=C(CCCC)C(CCCCCCCC)=C(c3cccc(CCCCCCCC)c3)[N+]2=[N-])c1.Cc1cc[c-]cc1.Cc1cc[c-]cc1.[Ni+2]. The van der Waals surface area contributed by atoms with Crippen molar-refractivity contribution in [1.29, 1.82) is 0 Å². The Morgan fingerprint density at radius 2 is 0.592 bits per heavy atom. The van der Waals surface area contributed by atoms with E-state index in [1.54, 1.807) is 4.70 Å². The molecule has 0 spiro atoms. The Balaban J connectivity index is 0.00000113. The van der Waals surface area contributed by atoms with Gasteiger partial charge in [0.15, 0.2) is 0 Å². The number of hydrogen-bond acceptors (Lipinski definition) is 0. The Morgan fingerprint density at radius 3 is 0.868 bits per heavy atom. The van der Waals surface area contributed by atoms with Gasteiger partial charge in [0.2, 0.25) is 11.4 Å². The van der Waals surface area contributed by atoms with E-state index in [1.807, 2.05) is 48.5 Å². The monoisotopic (exact) mass is 1070 g/mol. The molecule has 0 fully saturated rings. The predicted octanol–water partition coefficient (Wildman–Crippen LogP) is 24.0. The van der Waals surface area contributed by atoms with Gasteiger partial charge in [-0.25, -0.2) is 4.70 Å². The molecule has 1 aliphatic rings.